The highest BCUT2D eigenvalue weighted by Crippen LogP contribution is 2.33. The first-order valence-electron chi connectivity index (χ1n) is 4.15. The van der Waals surface area contributed by atoms with Crippen molar-refractivity contribution in [3.05, 3.63) is 11.6 Å². The summed E-state index contributed by atoms with van der Waals surface area (Å²) in [6.07, 6.45) is 11.2. The van der Waals surface area contributed by atoms with Crippen LogP contribution in [0.15, 0.2) is 11.6 Å². The summed E-state index contributed by atoms with van der Waals surface area (Å²) in [7, 11) is 0. The van der Waals surface area contributed by atoms with Crippen LogP contribution in [-0.4, -0.2) is 0 Å². The normalized spacial score (nSPS) is 27.8. The molecule has 2 bridgehead atoms. The van der Waals surface area contributed by atoms with Gasteiger partial charge < -0.3 is 0 Å². The Balaban J connectivity index is 2.15. The molecule has 0 nitrogen and oxygen atoms in total. The first-order valence-corrected chi connectivity index (χ1v) is 4.15. The number of hydrogen-bond donors (Lipinski definition) is 0. The van der Waals surface area contributed by atoms with E-state index in [-0.39, 0.29) is 0 Å². The fourth-order valence-electron chi connectivity index (χ4n) is 2.12. The topological polar surface area (TPSA) is 0 Å². The van der Waals surface area contributed by atoms with Gasteiger partial charge in [-0.15, -0.1) is 0 Å². The Morgan fingerprint density at radius 2 is 1.78 bits per heavy atom. The van der Waals surface area contributed by atoms with Crippen molar-refractivity contribution in [1.82, 2.24) is 0 Å². The molecule has 2 aliphatic carbocycles. The van der Waals surface area contributed by atoms with E-state index in [0.29, 0.717) is 0 Å². The van der Waals surface area contributed by atoms with Crippen LogP contribution in [0, 0.1) is 5.92 Å². The van der Waals surface area contributed by atoms with Crippen molar-refractivity contribution in [2.45, 2.75) is 38.5 Å². The van der Waals surface area contributed by atoms with E-state index < -0.39 is 0 Å². The zero-order valence-electron chi connectivity index (χ0n) is 5.90. The molecule has 0 fully saturated rings. The third kappa shape index (κ3) is 1.03. The molecule has 9 heavy (non-hydrogen) atoms. The Morgan fingerprint density at radius 3 is 2.22 bits per heavy atom. The maximum Gasteiger partial charge on any atom is -0.0231 e. The second-order valence-corrected chi connectivity index (χ2v) is 3.37. The molecule has 0 aromatic carbocycles. The van der Waals surface area contributed by atoms with E-state index >= 15 is 0 Å². The van der Waals surface area contributed by atoms with Crippen molar-refractivity contribution in [3.63, 3.8) is 0 Å². The maximum atomic E-state index is 2.53. The lowest BCUT2D eigenvalue weighted by Crippen LogP contribution is -2.09. The fraction of sp³-hybridized carbons (Fsp3) is 0.778. The molecule has 0 saturated carbocycles. The predicted octanol–water partition coefficient (Wildman–Crippen LogP) is 2.90. The summed E-state index contributed by atoms with van der Waals surface area (Å²) in [5, 5.41) is 0. The summed E-state index contributed by atoms with van der Waals surface area (Å²) in [5.74, 6) is 0.988. The number of fused-ring (bicyclic) bond motifs is 1. The van der Waals surface area contributed by atoms with Crippen LogP contribution in [0.2, 0.25) is 0 Å². The molecule has 0 spiro atoms. The molecule has 0 aliphatic heterocycles. The lowest BCUT2D eigenvalue weighted by atomic mass is 9.81. The van der Waals surface area contributed by atoms with Crippen LogP contribution in [0.4, 0.5) is 0 Å². The number of rotatable bonds is 0. The summed E-state index contributed by atoms with van der Waals surface area (Å²) in [5.41, 5.74) is 1.76. The Morgan fingerprint density at radius 1 is 1.11 bits per heavy atom. The first-order chi connectivity index (χ1) is 4.45. The largest absolute Gasteiger partial charge is 0.0822 e. The maximum absolute atomic E-state index is 2.53. The minimum Gasteiger partial charge on any atom is -0.0822 e. The van der Waals surface area contributed by atoms with E-state index in [1.807, 2.05) is 0 Å². The van der Waals surface area contributed by atoms with Crippen LogP contribution in [0.3, 0.4) is 0 Å². The highest BCUT2D eigenvalue weighted by molar-refractivity contribution is 5.10. The molecule has 0 heterocycles. The van der Waals surface area contributed by atoms with Gasteiger partial charge in [0.15, 0.2) is 0 Å². The van der Waals surface area contributed by atoms with E-state index in [4.69, 9.17) is 0 Å². The quantitative estimate of drug-likeness (QED) is 0.433. The van der Waals surface area contributed by atoms with Gasteiger partial charge in [0.2, 0.25) is 0 Å². The zero-order valence-corrected chi connectivity index (χ0v) is 5.90. The average Bonchev–Trinajstić information content (AvgIpc) is 1.88. The lowest BCUT2D eigenvalue weighted by molar-refractivity contribution is 0.436. The molecule has 0 aromatic heterocycles. The van der Waals surface area contributed by atoms with Gasteiger partial charge in [-0.2, -0.15) is 0 Å². The Hall–Kier alpha value is -0.260. The van der Waals surface area contributed by atoms with Crippen LogP contribution >= 0.6 is 0 Å². The molecule has 50 valence electrons. The van der Waals surface area contributed by atoms with E-state index in [1.165, 1.54) is 38.5 Å². The van der Waals surface area contributed by atoms with Crippen LogP contribution in [0.25, 0.3) is 0 Å². The molecule has 0 saturated heterocycles. The lowest BCUT2D eigenvalue weighted by Gasteiger charge is -2.25. The van der Waals surface area contributed by atoms with Crippen molar-refractivity contribution in [2.75, 3.05) is 0 Å². The van der Waals surface area contributed by atoms with Gasteiger partial charge in [0.25, 0.3) is 0 Å². The van der Waals surface area contributed by atoms with Crippen LogP contribution in [0.5, 0.6) is 0 Å². The van der Waals surface area contributed by atoms with E-state index in [2.05, 4.69) is 6.08 Å². The second kappa shape index (κ2) is 2.17. The van der Waals surface area contributed by atoms with E-state index in [1.54, 1.807) is 5.57 Å². The number of allylic oxidation sites excluding steroid dienone is 2. The van der Waals surface area contributed by atoms with Gasteiger partial charge >= 0.3 is 0 Å². The van der Waals surface area contributed by atoms with Gasteiger partial charge in [0.05, 0.1) is 0 Å². The fourth-order valence-corrected chi connectivity index (χ4v) is 2.12. The van der Waals surface area contributed by atoms with Crippen LogP contribution < -0.4 is 0 Å². The minimum absolute atomic E-state index is 0.988. The van der Waals surface area contributed by atoms with Crippen molar-refractivity contribution in [1.29, 1.82) is 0 Å². The van der Waals surface area contributed by atoms with Crippen LogP contribution in [-0.2, 0) is 0 Å². The third-order valence-electron chi connectivity index (χ3n) is 2.62. The van der Waals surface area contributed by atoms with E-state index in [0.717, 1.165) is 5.92 Å². The first kappa shape index (κ1) is 5.52. The van der Waals surface area contributed by atoms with Crippen molar-refractivity contribution < 1.29 is 0 Å². The molecule has 2 aliphatic rings. The highest BCUT2D eigenvalue weighted by Gasteiger charge is 2.17. The molecule has 0 unspecified atom stereocenters. The molecule has 0 N–H and O–H groups in total. The van der Waals surface area contributed by atoms with Gasteiger partial charge in [-0.05, 0) is 44.4 Å². The summed E-state index contributed by atoms with van der Waals surface area (Å²) in [4.78, 5) is 0. The molecule has 2 rings (SSSR count). The molecule has 0 heteroatoms. The summed E-state index contributed by atoms with van der Waals surface area (Å²) in [6, 6.07) is 0. The Kier molecular flexibility index (Phi) is 1.33. The second-order valence-electron chi connectivity index (χ2n) is 3.37. The summed E-state index contributed by atoms with van der Waals surface area (Å²) < 4.78 is 0. The minimum atomic E-state index is 0.988. The number of hydrogen-bond acceptors (Lipinski definition) is 0. The van der Waals surface area contributed by atoms with Gasteiger partial charge in [-0.3, -0.25) is 0 Å². The molecule has 0 amide bonds. The molecular weight excluding hydrogens is 108 g/mol. The van der Waals surface area contributed by atoms with Crippen molar-refractivity contribution in [2.24, 2.45) is 5.92 Å². The SMILES string of the molecule is C1=C2CCCC1CCC2. The Bertz CT molecular complexity index is 121. The van der Waals surface area contributed by atoms with Gasteiger partial charge in [-0.25, -0.2) is 0 Å². The molecule has 0 atom stereocenters. The third-order valence-corrected chi connectivity index (χ3v) is 2.62. The van der Waals surface area contributed by atoms with Gasteiger partial charge in [0, 0.05) is 0 Å². The van der Waals surface area contributed by atoms with Gasteiger partial charge in [0.1, 0.15) is 0 Å². The smallest absolute Gasteiger partial charge is 0.0231 e. The highest BCUT2D eigenvalue weighted by atomic mass is 14.2. The van der Waals surface area contributed by atoms with Crippen molar-refractivity contribution >= 4 is 0 Å². The predicted molar refractivity (Wildman–Crippen MR) is 39.3 cm³/mol. The standard InChI is InChI=1S/C9H14/c1-3-8-5-2-6-9(4-1)7-8/h7-8H,1-6H2. The van der Waals surface area contributed by atoms with Crippen molar-refractivity contribution in [3.8, 4) is 0 Å². The molecular formula is C9H14. The molecule has 0 radical (unpaired) electrons. The van der Waals surface area contributed by atoms with E-state index in [9.17, 15) is 0 Å². The van der Waals surface area contributed by atoms with Crippen LogP contribution in [0.1, 0.15) is 38.5 Å². The van der Waals surface area contributed by atoms with Gasteiger partial charge in [-0.1, -0.05) is 11.6 Å². The average molecular weight is 122 g/mol. The zero-order chi connectivity index (χ0) is 6.10. The Labute approximate surface area is 57.0 Å². The summed E-state index contributed by atoms with van der Waals surface area (Å²) >= 11 is 0. The molecule has 0 aromatic rings. The monoisotopic (exact) mass is 122 g/mol. The summed E-state index contributed by atoms with van der Waals surface area (Å²) in [6.45, 7) is 0.